The third kappa shape index (κ3) is 4.57. The van der Waals surface area contributed by atoms with Gasteiger partial charge in [-0.15, -0.1) is 0 Å². The van der Waals surface area contributed by atoms with Gasteiger partial charge in [0.1, 0.15) is 5.82 Å². The zero-order valence-electron chi connectivity index (χ0n) is 17.5. The van der Waals surface area contributed by atoms with Crippen molar-refractivity contribution in [3.05, 3.63) is 106 Å². The maximum atomic E-state index is 13.0. The minimum absolute atomic E-state index is 0.182. The van der Waals surface area contributed by atoms with Crippen LogP contribution < -0.4 is 10.9 Å². The van der Waals surface area contributed by atoms with Crippen molar-refractivity contribution in [3.8, 4) is 0 Å². The Bertz CT molecular complexity index is 1310. The fourth-order valence-corrected chi connectivity index (χ4v) is 3.39. The molecule has 2 amide bonds. The number of amides is 2. The summed E-state index contributed by atoms with van der Waals surface area (Å²) in [4.78, 5) is 46.4. The lowest BCUT2D eigenvalue weighted by Gasteiger charge is -2.20. The van der Waals surface area contributed by atoms with Crippen molar-refractivity contribution in [3.63, 3.8) is 0 Å². The van der Waals surface area contributed by atoms with Crippen LogP contribution in [0.2, 0.25) is 0 Å². The van der Waals surface area contributed by atoms with Crippen LogP contribution in [0.1, 0.15) is 33.5 Å². The van der Waals surface area contributed by atoms with Crippen molar-refractivity contribution in [2.24, 2.45) is 0 Å². The van der Waals surface area contributed by atoms with Crippen molar-refractivity contribution in [2.75, 3.05) is 11.9 Å². The summed E-state index contributed by atoms with van der Waals surface area (Å²) in [6.45, 7) is 2.50. The number of hydrogen-bond donors (Lipinski definition) is 2. The number of anilines is 1. The first-order chi connectivity index (χ1) is 15.5. The molecule has 0 fully saturated rings. The second kappa shape index (κ2) is 9.26. The number of benzene rings is 3. The number of aromatic nitrogens is 2. The van der Waals surface area contributed by atoms with E-state index >= 15 is 0 Å². The molecule has 0 unspecified atom stereocenters. The van der Waals surface area contributed by atoms with Crippen molar-refractivity contribution < 1.29 is 9.59 Å². The van der Waals surface area contributed by atoms with E-state index in [-0.39, 0.29) is 23.9 Å². The number of carbonyl (C=O) groups is 2. The highest BCUT2D eigenvalue weighted by molar-refractivity contribution is 6.04. The molecular formula is C25H22N4O3. The van der Waals surface area contributed by atoms with Gasteiger partial charge in [0.05, 0.1) is 17.4 Å². The van der Waals surface area contributed by atoms with Gasteiger partial charge in [-0.1, -0.05) is 30.3 Å². The Morgan fingerprint density at radius 1 is 0.906 bits per heavy atom. The molecule has 1 heterocycles. The molecule has 0 radical (unpaired) electrons. The summed E-state index contributed by atoms with van der Waals surface area (Å²) in [7, 11) is 0. The maximum absolute atomic E-state index is 13.0. The Labute approximate surface area is 184 Å². The van der Waals surface area contributed by atoms with Gasteiger partial charge in [0, 0.05) is 23.4 Å². The molecular weight excluding hydrogens is 404 g/mol. The average molecular weight is 426 g/mol. The highest BCUT2D eigenvalue weighted by atomic mass is 16.2. The molecule has 0 atom stereocenters. The molecule has 0 aliphatic carbocycles. The fraction of sp³-hybridized carbons (Fsp3) is 0.120. The molecule has 0 aliphatic heterocycles. The molecule has 0 spiro atoms. The van der Waals surface area contributed by atoms with Crippen LogP contribution in [0.5, 0.6) is 0 Å². The minimum atomic E-state index is -0.229. The SMILES string of the molecule is CCN(Cc1nc2ccccc2c(=O)[nH]1)C(=O)c1ccc(NC(=O)c2ccccc2)cc1. The number of nitrogens with one attached hydrogen (secondary N) is 2. The number of H-pyrrole nitrogens is 1. The van der Waals surface area contributed by atoms with Crippen molar-refractivity contribution in [1.82, 2.24) is 14.9 Å². The third-order valence-electron chi connectivity index (χ3n) is 5.10. The van der Waals surface area contributed by atoms with Gasteiger partial charge in [-0.05, 0) is 55.5 Å². The van der Waals surface area contributed by atoms with Crippen LogP contribution in [-0.2, 0) is 6.54 Å². The number of para-hydroxylation sites is 1. The molecule has 0 bridgehead atoms. The van der Waals surface area contributed by atoms with E-state index in [0.717, 1.165) is 0 Å². The Kier molecular flexibility index (Phi) is 6.07. The largest absolute Gasteiger partial charge is 0.331 e. The van der Waals surface area contributed by atoms with E-state index in [1.165, 1.54) is 0 Å². The van der Waals surface area contributed by atoms with E-state index < -0.39 is 0 Å². The predicted molar refractivity (Wildman–Crippen MR) is 124 cm³/mol. The van der Waals surface area contributed by atoms with Crippen LogP contribution in [0.4, 0.5) is 5.69 Å². The van der Waals surface area contributed by atoms with Gasteiger partial charge in [0.2, 0.25) is 0 Å². The summed E-state index contributed by atoms with van der Waals surface area (Å²) in [6, 6.07) is 22.7. The van der Waals surface area contributed by atoms with Crippen molar-refractivity contribution in [1.29, 1.82) is 0 Å². The summed E-state index contributed by atoms with van der Waals surface area (Å²) in [5.41, 5.74) is 1.99. The second-order valence-corrected chi connectivity index (χ2v) is 7.25. The average Bonchev–Trinajstić information content (AvgIpc) is 2.83. The van der Waals surface area contributed by atoms with Crippen LogP contribution in [0, 0.1) is 0 Å². The molecule has 0 saturated carbocycles. The normalized spacial score (nSPS) is 10.7. The molecule has 7 heteroatoms. The molecule has 0 saturated heterocycles. The lowest BCUT2D eigenvalue weighted by atomic mass is 10.1. The molecule has 1 aromatic heterocycles. The lowest BCUT2D eigenvalue weighted by molar-refractivity contribution is 0.0748. The summed E-state index contributed by atoms with van der Waals surface area (Å²) in [5, 5.41) is 3.33. The molecule has 3 aromatic carbocycles. The Hall–Kier alpha value is -4.26. The Balaban J connectivity index is 1.48. The lowest BCUT2D eigenvalue weighted by Crippen LogP contribution is -2.32. The first-order valence-corrected chi connectivity index (χ1v) is 10.3. The number of aromatic amines is 1. The highest BCUT2D eigenvalue weighted by Gasteiger charge is 2.16. The van der Waals surface area contributed by atoms with E-state index in [9.17, 15) is 14.4 Å². The standard InChI is InChI=1S/C25H22N4O3/c1-2-29(16-22-27-21-11-7-6-10-20(21)24(31)28-22)25(32)18-12-14-19(15-13-18)26-23(30)17-8-4-3-5-9-17/h3-15H,2,16H2,1H3,(H,26,30)(H,27,28,31). The number of rotatable bonds is 6. The molecule has 2 N–H and O–H groups in total. The molecule has 0 aliphatic rings. The molecule has 4 rings (SSSR count). The zero-order chi connectivity index (χ0) is 22.5. The van der Waals surface area contributed by atoms with Gasteiger partial charge < -0.3 is 15.2 Å². The summed E-state index contributed by atoms with van der Waals surface area (Å²) >= 11 is 0. The number of carbonyl (C=O) groups excluding carboxylic acids is 2. The highest BCUT2D eigenvalue weighted by Crippen LogP contribution is 2.15. The third-order valence-corrected chi connectivity index (χ3v) is 5.10. The minimum Gasteiger partial charge on any atom is -0.331 e. The van der Waals surface area contributed by atoms with E-state index in [1.807, 2.05) is 19.1 Å². The van der Waals surface area contributed by atoms with Gasteiger partial charge in [-0.25, -0.2) is 4.98 Å². The number of nitrogens with zero attached hydrogens (tertiary/aromatic N) is 2. The molecule has 4 aromatic rings. The number of fused-ring (bicyclic) bond motifs is 1. The van der Waals surface area contributed by atoms with Gasteiger partial charge in [-0.2, -0.15) is 0 Å². The molecule has 32 heavy (non-hydrogen) atoms. The fourth-order valence-electron chi connectivity index (χ4n) is 3.39. The Morgan fingerprint density at radius 2 is 1.59 bits per heavy atom. The van der Waals surface area contributed by atoms with E-state index in [0.29, 0.717) is 40.1 Å². The maximum Gasteiger partial charge on any atom is 0.258 e. The zero-order valence-corrected chi connectivity index (χ0v) is 17.5. The van der Waals surface area contributed by atoms with E-state index in [2.05, 4.69) is 15.3 Å². The van der Waals surface area contributed by atoms with E-state index in [1.54, 1.807) is 71.6 Å². The second-order valence-electron chi connectivity index (χ2n) is 7.25. The van der Waals surface area contributed by atoms with Crippen LogP contribution in [0.3, 0.4) is 0 Å². The topological polar surface area (TPSA) is 95.2 Å². The van der Waals surface area contributed by atoms with Crippen LogP contribution in [0.15, 0.2) is 83.7 Å². The van der Waals surface area contributed by atoms with Crippen LogP contribution in [0.25, 0.3) is 10.9 Å². The molecule has 7 nitrogen and oxygen atoms in total. The number of hydrogen-bond acceptors (Lipinski definition) is 4. The van der Waals surface area contributed by atoms with Gasteiger partial charge in [-0.3, -0.25) is 14.4 Å². The summed E-state index contributed by atoms with van der Waals surface area (Å²) in [6.07, 6.45) is 0. The van der Waals surface area contributed by atoms with Gasteiger partial charge >= 0.3 is 0 Å². The van der Waals surface area contributed by atoms with E-state index in [4.69, 9.17) is 0 Å². The first-order valence-electron chi connectivity index (χ1n) is 10.3. The quantitative estimate of drug-likeness (QED) is 0.490. The summed E-state index contributed by atoms with van der Waals surface area (Å²) in [5.74, 6) is 0.0195. The smallest absolute Gasteiger partial charge is 0.258 e. The predicted octanol–water partition coefficient (Wildman–Crippen LogP) is 3.84. The Morgan fingerprint density at radius 3 is 2.31 bits per heavy atom. The summed E-state index contributed by atoms with van der Waals surface area (Å²) < 4.78 is 0. The van der Waals surface area contributed by atoms with Gasteiger partial charge in [0.15, 0.2) is 0 Å². The first kappa shape index (κ1) is 21.0. The van der Waals surface area contributed by atoms with Crippen molar-refractivity contribution >= 4 is 28.4 Å². The monoisotopic (exact) mass is 426 g/mol. The van der Waals surface area contributed by atoms with Crippen LogP contribution in [-0.4, -0.2) is 33.2 Å². The van der Waals surface area contributed by atoms with Crippen LogP contribution >= 0.6 is 0 Å². The van der Waals surface area contributed by atoms with Crippen molar-refractivity contribution in [2.45, 2.75) is 13.5 Å². The molecule has 160 valence electrons. The van der Waals surface area contributed by atoms with Gasteiger partial charge in [0.25, 0.3) is 17.4 Å².